The number of aromatic nitrogens is 2. The van der Waals surface area contributed by atoms with Crippen molar-refractivity contribution in [2.75, 3.05) is 20.2 Å². The minimum atomic E-state index is -0.327. The fourth-order valence-corrected chi connectivity index (χ4v) is 3.59. The molecular weight excluding hydrogens is 302 g/mol. The number of benzene rings is 1. The van der Waals surface area contributed by atoms with E-state index in [0.717, 1.165) is 48.4 Å². The van der Waals surface area contributed by atoms with Crippen LogP contribution in [0.25, 0.3) is 0 Å². The lowest BCUT2D eigenvalue weighted by atomic mass is 9.91. The van der Waals surface area contributed by atoms with Gasteiger partial charge in [0.2, 0.25) is 5.91 Å². The molecule has 5 heteroatoms. The summed E-state index contributed by atoms with van der Waals surface area (Å²) in [6.07, 6.45) is 5.77. The van der Waals surface area contributed by atoms with Gasteiger partial charge < -0.3 is 9.64 Å². The van der Waals surface area contributed by atoms with Crippen molar-refractivity contribution >= 4 is 5.91 Å². The van der Waals surface area contributed by atoms with Crippen LogP contribution in [0, 0.1) is 13.8 Å². The predicted octanol–water partition coefficient (Wildman–Crippen LogP) is 2.62. The third-order valence-electron chi connectivity index (χ3n) is 5.37. The first-order chi connectivity index (χ1) is 11.5. The Hall–Kier alpha value is -2.30. The van der Waals surface area contributed by atoms with Crippen LogP contribution >= 0.6 is 0 Å². The molecule has 0 unspecified atom stereocenters. The highest BCUT2D eigenvalue weighted by Gasteiger charge is 2.55. The molecule has 1 aliphatic carbocycles. The minimum absolute atomic E-state index is 0.258. The first-order valence-electron chi connectivity index (χ1n) is 8.49. The molecule has 4 rings (SSSR count). The van der Waals surface area contributed by atoms with Crippen LogP contribution in [0.3, 0.4) is 0 Å². The normalized spacial score (nSPS) is 19.0. The van der Waals surface area contributed by atoms with Crippen LogP contribution in [0.5, 0.6) is 5.75 Å². The topological polar surface area (TPSA) is 47.4 Å². The van der Waals surface area contributed by atoms with E-state index < -0.39 is 0 Å². The van der Waals surface area contributed by atoms with Gasteiger partial charge >= 0.3 is 0 Å². The quantitative estimate of drug-likeness (QED) is 0.868. The zero-order chi connectivity index (χ0) is 16.9. The van der Waals surface area contributed by atoms with Crippen LogP contribution in [0.2, 0.25) is 0 Å². The summed E-state index contributed by atoms with van der Waals surface area (Å²) in [7, 11) is 1.68. The SMILES string of the molecule is COc1cc(C2(C(=O)N3CC(n4cc(C)cn4)C3)CC2)ccc1C. The Morgan fingerprint density at radius 2 is 2.04 bits per heavy atom. The van der Waals surface area contributed by atoms with E-state index in [1.807, 2.05) is 48.0 Å². The van der Waals surface area contributed by atoms with Gasteiger partial charge in [-0.05, 0) is 49.4 Å². The number of carbonyl (C=O) groups excluding carboxylic acids is 1. The number of likely N-dealkylation sites (tertiary alicyclic amines) is 1. The van der Waals surface area contributed by atoms with E-state index in [2.05, 4.69) is 11.2 Å². The summed E-state index contributed by atoms with van der Waals surface area (Å²) in [5.41, 5.74) is 3.02. The van der Waals surface area contributed by atoms with Crippen LogP contribution in [0.1, 0.15) is 35.6 Å². The molecule has 5 nitrogen and oxygen atoms in total. The number of aryl methyl sites for hydroxylation is 2. The van der Waals surface area contributed by atoms with Crippen molar-refractivity contribution in [3.8, 4) is 5.75 Å². The van der Waals surface area contributed by atoms with Gasteiger partial charge in [-0.25, -0.2) is 0 Å². The van der Waals surface area contributed by atoms with Crippen molar-refractivity contribution in [1.29, 1.82) is 0 Å². The van der Waals surface area contributed by atoms with Crippen LogP contribution < -0.4 is 4.74 Å². The molecule has 126 valence electrons. The lowest BCUT2D eigenvalue weighted by molar-refractivity contribution is -0.140. The Morgan fingerprint density at radius 3 is 2.62 bits per heavy atom. The van der Waals surface area contributed by atoms with Crippen LogP contribution in [-0.2, 0) is 10.2 Å². The summed E-state index contributed by atoms with van der Waals surface area (Å²) in [4.78, 5) is 15.0. The molecular formula is C19H23N3O2. The predicted molar refractivity (Wildman–Crippen MR) is 91.2 cm³/mol. The van der Waals surface area contributed by atoms with Crippen LogP contribution in [0.4, 0.5) is 0 Å². The Bertz CT molecular complexity index is 786. The highest BCUT2D eigenvalue weighted by Crippen LogP contribution is 2.51. The first-order valence-corrected chi connectivity index (χ1v) is 8.49. The maximum absolute atomic E-state index is 13.0. The molecule has 0 radical (unpaired) electrons. The molecule has 2 aromatic rings. The van der Waals surface area contributed by atoms with Gasteiger partial charge in [0.15, 0.2) is 0 Å². The average Bonchev–Trinajstić information content (AvgIpc) is 3.23. The Morgan fingerprint density at radius 1 is 1.29 bits per heavy atom. The summed E-state index contributed by atoms with van der Waals surface area (Å²) in [6, 6.07) is 6.48. The van der Waals surface area contributed by atoms with Crippen molar-refractivity contribution in [2.45, 2.75) is 38.1 Å². The van der Waals surface area contributed by atoms with Gasteiger partial charge in [0.1, 0.15) is 5.75 Å². The van der Waals surface area contributed by atoms with E-state index in [-0.39, 0.29) is 11.3 Å². The maximum atomic E-state index is 13.0. The van der Waals surface area contributed by atoms with E-state index in [1.54, 1.807) is 7.11 Å². The number of carbonyl (C=O) groups is 1. The molecule has 24 heavy (non-hydrogen) atoms. The fraction of sp³-hybridized carbons (Fsp3) is 0.474. The highest BCUT2D eigenvalue weighted by atomic mass is 16.5. The molecule has 1 amide bonds. The molecule has 1 aromatic carbocycles. The van der Waals surface area contributed by atoms with E-state index >= 15 is 0 Å². The van der Waals surface area contributed by atoms with E-state index in [0.29, 0.717) is 6.04 Å². The molecule has 1 saturated heterocycles. The van der Waals surface area contributed by atoms with Crippen molar-refractivity contribution in [2.24, 2.45) is 0 Å². The minimum Gasteiger partial charge on any atom is -0.496 e. The van der Waals surface area contributed by atoms with Crippen LogP contribution in [0.15, 0.2) is 30.6 Å². The van der Waals surface area contributed by atoms with Crippen molar-refractivity contribution in [1.82, 2.24) is 14.7 Å². The standard InChI is InChI=1S/C19H23N3O2/c1-13-9-20-22(10-13)16-11-21(12-16)18(23)19(6-7-19)15-5-4-14(2)17(8-15)24-3/h4-5,8-10,16H,6-7,11-12H2,1-3H3. The van der Waals surface area contributed by atoms with Crippen molar-refractivity contribution in [3.05, 3.63) is 47.3 Å². The van der Waals surface area contributed by atoms with Gasteiger partial charge in [-0.3, -0.25) is 9.48 Å². The molecule has 1 saturated carbocycles. The molecule has 2 aliphatic rings. The van der Waals surface area contributed by atoms with Gasteiger partial charge in [0.05, 0.1) is 24.8 Å². The number of hydrogen-bond donors (Lipinski definition) is 0. The Kier molecular flexibility index (Phi) is 3.41. The lowest BCUT2D eigenvalue weighted by Crippen LogP contribution is -2.54. The zero-order valence-corrected chi connectivity index (χ0v) is 14.5. The van der Waals surface area contributed by atoms with Gasteiger partial charge in [-0.1, -0.05) is 12.1 Å². The number of nitrogens with zero attached hydrogens (tertiary/aromatic N) is 3. The summed E-state index contributed by atoms with van der Waals surface area (Å²) in [5.74, 6) is 1.12. The van der Waals surface area contributed by atoms with Crippen molar-refractivity contribution in [3.63, 3.8) is 0 Å². The zero-order valence-electron chi connectivity index (χ0n) is 14.5. The van der Waals surface area contributed by atoms with Gasteiger partial charge in [0, 0.05) is 19.3 Å². The Labute approximate surface area is 142 Å². The molecule has 0 bridgehead atoms. The number of hydrogen-bond acceptors (Lipinski definition) is 3. The largest absolute Gasteiger partial charge is 0.496 e. The molecule has 0 spiro atoms. The smallest absolute Gasteiger partial charge is 0.233 e. The first kappa shape index (κ1) is 15.2. The molecule has 2 heterocycles. The maximum Gasteiger partial charge on any atom is 0.233 e. The number of amides is 1. The summed E-state index contributed by atoms with van der Waals surface area (Å²) < 4.78 is 7.41. The molecule has 1 aliphatic heterocycles. The Balaban J connectivity index is 1.49. The summed E-state index contributed by atoms with van der Waals surface area (Å²) in [5, 5.41) is 4.36. The second-order valence-electron chi connectivity index (χ2n) is 7.13. The van der Waals surface area contributed by atoms with Gasteiger partial charge in [-0.2, -0.15) is 5.10 Å². The van der Waals surface area contributed by atoms with E-state index in [1.165, 1.54) is 0 Å². The third kappa shape index (κ3) is 2.30. The monoisotopic (exact) mass is 325 g/mol. The molecule has 0 N–H and O–H groups in total. The highest BCUT2D eigenvalue weighted by molar-refractivity contribution is 5.92. The second-order valence-corrected chi connectivity index (χ2v) is 7.13. The lowest BCUT2D eigenvalue weighted by Gasteiger charge is -2.41. The number of rotatable bonds is 4. The van der Waals surface area contributed by atoms with Crippen molar-refractivity contribution < 1.29 is 9.53 Å². The fourth-order valence-electron chi connectivity index (χ4n) is 3.59. The number of ether oxygens (including phenoxy) is 1. The second kappa shape index (κ2) is 5.36. The summed E-state index contributed by atoms with van der Waals surface area (Å²) >= 11 is 0. The third-order valence-corrected chi connectivity index (χ3v) is 5.37. The molecule has 2 fully saturated rings. The van der Waals surface area contributed by atoms with Gasteiger partial charge in [0.25, 0.3) is 0 Å². The molecule has 0 atom stereocenters. The summed E-state index contributed by atoms with van der Waals surface area (Å²) in [6.45, 7) is 5.57. The number of methoxy groups -OCH3 is 1. The van der Waals surface area contributed by atoms with Gasteiger partial charge in [-0.15, -0.1) is 0 Å². The van der Waals surface area contributed by atoms with Crippen LogP contribution in [-0.4, -0.2) is 40.8 Å². The van der Waals surface area contributed by atoms with E-state index in [9.17, 15) is 4.79 Å². The van der Waals surface area contributed by atoms with E-state index in [4.69, 9.17) is 4.74 Å². The molecule has 1 aromatic heterocycles. The average molecular weight is 325 g/mol.